The molecule has 0 bridgehead atoms. The van der Waals surface area contributed by atoms with Crippen LogP contribution >= 0.6 is 15.9 Å². The van der Waals surface area contributed by atoms with Crippen molar-refractivity contribution in [2.45, 2.75) is 6.42 Å². The van der Waals surface area contributed by atoms with E-state index in [1.165, 1.54) is 5.56 Å². The molecule has 0 aromatic heterocycles. The highest BCUT2D eigenvalue weighted by molar-refractivity contribution is 9.10. The highest BCUT2D eigenvalue weighted by Gasteiger charge is 2.01. The minimum atomic E-state index is 0.259. The van der Waals surface area contributed by atoms with E-state index in [-0.39, 0.29) is 6.79 Å². The molecule has 0 saturated heterocycles. The second kappa shape index (κ2) is 6.01. The first-order valence-corrected chi connectivity index (χ1v) is 5.17. The van der Waals surface area contributed by atoms with E-state index in [4.69, 9.17) is 15.2 Å². The first kappa shape index (κ1) is 11.5. The van der Waals surface area contributed by atoms with Gasteiger partial charge >= 0.3 is 0 Å². The Bertz CT molecular complexity index is 291. The lowest BCUT2D eigenvalue weighted by Crippen LogP contribution is -2.03. The van der Waals surface area contributed by atoms with Crippen LogP contribution in [0.5, 0.6) is 5.75 Å². The van der Waals surface area contributed by atoms with Gasteiger partial charge in [0.15, 0.2) is 6.79 Å². The summed E-state index contributed by atoms with van der Waals surface area (Å²) in [5, 5.41) is 0. The van der Waals surface area contributed by atoms with Gasteiger partial charge in [-0.25, -0.2) is 0 Å². The standard InChI is InChI=1S/C10H14BrNO2/c1-13-7-14-10-3-2-8(4-5-12)6-9(10)11/h2-3,6H,4-5,7,12H2,1H3. The molecular weight excluding hydrogens is 246 g/mol. The van der Waals surface area contributed by atoms with Crippen LogP contribution in [0.2, 0.25) is 0 Å². The van der Waals surface area contributed by atoms with E-state index in [1.807, 2.05) is 18.2 Å². The zero-order valence-corrected chi connectivity index (χ0v) is 9.71. The molecule has 0 atom stereocenters. The van der Waals surface area contributed by atoms with Gasteiger partial charge in [0.25, 0.3) is 0 Å². The number of hydrogen-bond donors (Lipinski definition) is 1. The van der Waals surface area contributed by atoms with Crippen LogP contribution in [0.15, 0.2) is 22.7 Å². The molecule has 0 unspecified atom stereocenters. The number of nitrogens with two attached hydrogens (primary N) is 1. The summed E-state index contributed by atoms with van der Waals surface area (Å²) in [7, 11) is 1.59. The normalized spacial score (nSPS) is 10.2. The van der Waals surface area contributed by atoms with Crippen molar-refractivity contribution >= 4 is 15.9 Å². The molecule has 78 valence electrons. The smallest absolute Gasteiger partial charge is 0.188 e. The van der Waals surface area contributed by atoms with Gasteiger partial charge in [-0.15, -0.1) is 0 Å². The number of halogens is 1. The Labute approximate surface area is 92.3 Å². The van der Waals surface area contributed by atoms with Gasteiger partial charge in [-0.05, 0) is 46.6 Å². The van der Waals surface area contributed by atoms with Crippen LogP contribution in [-0.4, -0.2) is 20.4 Å². The summed E-state index contributed by atoms with van der Waals surface area (Å²) < 4.78 is 11.1. The van der Waals surface area contributed by atoms with Crippen LogP contribution in [-0.2, 0) is 11.2 Å². The van der Waals surface area contributed by atoms with E-state index < -0.39 is 0 Å². The van der Waals surface area contributed by atoms with Crippen molar-refractivity contribution in [1.29, 1.82) is 0 Å². The largest absolute Gasteiger partial charge is 0.466 e. The monoisotopic (exact) mass is 259 g/mol. The molecule has 14 heavy (non-hydrogen) atoms. The first-order valence-electron chi connectivity index (χ1n) is 4.38. The van der Waals surface area contributed by atoms with E-state index in [2.05, 4.69) is 15.9 Å². The van der Waals surface area contributed by atoms with Crippen LogP contribution in [0.4, 0.5) is 0 Å². The van der Waals surface area contributed by atoms with E-state index >= 15 is 0 Å². The summed E-state index contributed by atoms with van der Waals surface area (Å²) in [4.78, 5) is 0. The zero-order chi connectivity index (χ0) is 10.4. The van der Waals surface area contributed by atoms with Gasteiger partial charge in [0.2, 0.25) is 0 Å². The number of benzene rings is 1. The second-order valence-electron chi connectivity index (χ2n) is 2.85. The summed E-state index contributed by atoms with van der Waals surface area (Å²) in [6.45, 7) is 0.916. The van der Waals surface area contributed by atoms with E-state index in [0.717, 1.165) is 16.6 Å². The minimum Gasteiger partial charge on any atom is -0.466 e. The molecule has 3 nitrogen and oxygen atoms in total. The van der Waals surface area contributed by atoms with Crippen molar-refractivity contribution in [2.75, 3.05) is 20.4 Å². The van der Waals surface area contributed by atoms with Gasteiger partial charge < -0.3 is 15.2 Å². The third-order valence-electron chi connectivity index (χ3n) is 1.76. The molecule has 2 N–H and O–H groups in total. The molecular formula is C10H14BrNO2. The van der Waals surface area contributed by atoms with Gasteiger partial charge in [0.1, 0.15) is 5.75 Å². The Morgan fingerprint density at radius 3 is 2.79 bits per heavy atom. The van der Waals surface area contributed by atoms with Gasteiger partial charge in [-0.1, -0.05) is 6.07 Å². The van der Waals surface area contributed by atoms with Crippen LogP contribution in [0, 0.1) is 0 Å². The van der Waals surface area contributed by atoms with Crippen LogP contribution in [0.3, 0.4) is 0 Å². The molecule has 0 fully saturated rings. The lowest BCUT2D eigenvalue weighted by atomic mass is 10.1. The molecule has 1 aromatic rings. The molecule has 0 amide bonds. The molecule has 0 aliphatic carbocycles. The van der Waals surface area contributed by atoms with Crippen molar-refractivity contribution < 1.29 is 9.47 Å². The third-order valence-corrected chi connectivity index (χ3v) is 2.38. The second-order valence-corrected chi connectivity index (χ2v) is 3.71. The summed E-state index contributed by atoms with van der Waals surface area (Å²) in [6.07, 6.45) is 0.878. The molecule has 0 saturated carbocycles. The van der Waals surface area contributed by atoms with Crippen molar-refractivity contribution in [1.82, 2.24) is 0 Å². The maximum absolute atomic E-state index is 5.46. The summed E-state index contributed by atoms with van der Waals surface area (Å²) in [5.41, 5.74) is 6.66. The Kier molecular flexibility index (Phi) is 4.93. The maximum Gasteiger partial charge on any atom is 0.188 e. The Morgan fingerprint density at radius 1 is 1.43 bits per heavy atom. The highest BCUT2D eigenvalue weighted by Crippen LogP contribution is 2.26. The Balaban J connectivity index is 2.68. The van der Waals surface area contributed by atoms with E-state index in [9.17, 15) is 0 Å². The van der Waals surface area contributed by atoms with Gasteiger partial charge in [-0.2, -0.15) is 0 Å². The molecule has 0 aliphatic heterocycles. The summed E-state index contributed by atoms with van der Waals surface area (Å²) in [6, 6.07) is 5.93. The molecule has 1 aromatic carbocycles. The number of ether oxygens (including phenoxy) is 2. The average molecular weight is 260 g/mol. The number of rotatable bonds is 5. The fraction of sp³-hybridized carbons (Fsp3) is 0.400. The van der Waals surface area contributed by atoms with Crippen molar-refractivity contribution in [3.05, 3.63) is 28.2 Å². The van der Waals surface area contributed by atoms with Crippen LogP contribution in [0.1, 0.15) is 5.56 Å². The molecule has 0 radical (unpaired) electrons. The SMILES string of the molecule is COCOc1ccc(CCN)cc1Br. The zero-order valence-electron chi connectivity index (χ0n) is 8.13. The quantitative estimate of drug-likeness (QED) is 0.823. The third kappa shape index (κ3) is 3.29. The highest BCUT2D eigenvalue weighted by atomic mass is 79.9. The predicted octanol–water partition coefficient (Wildman–Crippen LogP) is 1.93. The van der Waals surface area contributed by atoms with Gasteiger partial charge in [-0.3, -0.25) is 0 Å². The van der Waals surface area contributed by atoms with Crippen LogP contribution in [0.25, 0.3) is 0 Å². The van der Waals surface area contributed by atoms with Crippen molar-refractivity contribution in [3.8, 4) is 5.75 Å². The fourth-order valence-corrected chi connectivity index (χ4v) is 1.65. The Morgan fingerprint density at radius 2 is 2.21 bits per heavy atom. The molecule has 0 spiro atoms. The topological polar surface area (TPSA) is 44.5 Å². The summed E-state index contributed by atoms with van der Waals surface area (Å²) in [5.74, 6) is 0.785. The van der Waals surface area contributed by atoms with Gasteiger partial charge in [0.05, 0.1) is 4.47 Å². The molecule has 0 heterocycles. The molecule has 0 aliphatic rings. The lowest BCUT2D eigenvalue weighted by molar-refractivity contribution is 0.0506. The van der Waals surface area contributed by atoms with E-state index in [0.29, 0.717) is 6.54 Å². The lowest BCUT2D eigenvalue weighted by Gasteiger charge is -2.08. The Hall–Kier alpha value is -0.580. The maximum atomic E-state index is 5.46. The fourth-order valence-electron chi connectivity index (χ4n) is 1.11. The predicted molar refractivity (Wildman–Crippen MR) is 59.4 cm³/mol. The minimum absolute atomic E-state index is 0.259. The van der Waals surface area contributed by atoms with Gasteiger partial charge in [0, 0.05) is 7.11 Å². The number of hydrogen-bond acceptors (Lipinski definition) is 3. The van der Waals surface area contributed by atoms with E-state index in [1.54, 1.807) is 7.11 Å². The van der Waals surface area contributed by atoms with Crippen molar-refractivity contribution in [3.63, 3.8) is 0 Å². The van der Waals surface area contributed by atoms with Crippen molar-refractivity contribution in [2.24, 2.45) is 5.73 Å². The number of methoxy groups -OCH3 is 1. The average Bonchev–Trinajstić information content (AvgIpc) is 2.17. The molecule has 4 heteroatoms. The summed E-state index contributed by atoms with van der Waals surface area (Å²) >= 11 is 3.43. The molecule has 1 rings (SSSR count). The first-order chi connectivity index (χ1) is 6.77. The van der Waals surface area contributed by atoms with Crippen LogP contribution < -0.4 is 10.5 Å².